The first-order valence-corrected chi connectivity index (χ1v) is 11.6. The fraction of sp³-hybridized carbons (Fsp3) is 0.227. The van der Waals surface area contributed by atoms with Gasteiger partial charge in [0.1, 0.15) is 5.75 Å². The molecule has 0 aliphatic heterocycles. The molecule has 0 aliphatic carbocycles. The molecule has 0 bridgehead atoms. The summed E-state index contributed by atoms with van der Waals surface area (Å²) in [6, 6.07) is 15.8. The van der Waals surface area contributed by atoms with Gasteiger partial charge in [-0.15, -0.1) is 11.8 Å². The normalized spacial score (nSPS) is 11.0. The summed E-state index contributed by atoms with van der Waals surface area (Å²) in [5.41, 5.74) is 1.85. The molecular formula is C22H22N4O2S2. The second-order valence-electron chi connectivity index (χ2n) is 6.67. The van der Waals surface area contributed by atoms with E-state index in [2.05, 4.69) is 5.10 Å². The van der Waals surface area contributed by atoms with Crippen LogP contribution in [0.2, 0.25) is 0 Å². The lowest BCUT2D eigenvalue weighted by atomic mass is 10.1. The van der Waals surface area contributed by atoms with Crippen LogP contribution in [-0.2, 0) is 17.8 Å². The van der Waals surface area contributed by atoms with Gasteiger partial charge >= 0.3 is 0 Å². The molecule has 0 unspecified atom stereocenters. The van der Waals surface area contributed by atoms with Gasteiger partial charge in [0, 0.05) is 23.8 Å². The minimum absolute atomic E-state index is 0.0186. The molecule has 154 valence electrons. The molecule has 8 heteroatoms. The van der Waals surface area contributed by atoms with E-state index in [4.69, 9.17) is 9.72 Å². The summed E-state index contributed by atoms with van der Waals surface area (Å²) >= 11 is 3.19. The van der Waals surface area contributed by atoms with Crippen LogP contribution in [-0.4, -0.2) is 40.6 Å². The summed E-state index contributed by atoms with van der Waals surface area (Å²) in [4.78, 5) is 20.9. The molecule has 0 saturated carbocycles. The zero-order valence-electron chi connectivity index (χ0n) is 16.8. The summed E-state index contributed by atoms with van der Waals surface area (Å²) in [6.45, 7) is 1.10. The number of fused-ring (bicyclic) bond motifs is 1. The highest BCUT2D eigenvalue weighted by Crippen LogP contribution is 2.32. The van der Waals surface area contributed by atoms with Gasteiger partial charge in [-0.1, -0.05) is 23.5 Å². The Morgan fingerprint density at radius 3 is 2.77 bits per heavy atom. The molecule has 0 atom stereocenters. The van der Waals surface area contributed by atoms with E-state index in [1.807, 2.05) is 65.7 Å². The predicted molar refractivity (Wildman–Crippen MR) is 123 cm³/mol. The number of ether oxygens (including phenoxy) is 1. The van der Waals surface area contributed by atoms with Crippen LogP contribution in [0.5, 0.6) is 5.75 Å². The molecule has 0 saturated heterocycles. The standard InChI is InChI=1S/C22H22N4O2S2/c1-28-17-6-9-19-20(15-17)30-22(24-19)26(13-12-25-11-3-10-23-25)21(27)14-16-4-7-18(29-2)8-5-16/h3-11,15H,12-14H2,1-2H3. The number of hydrogen-bond acceptors (Lipinski definition) is 6. The largest absolute Gasteiger partial charge is 0.497 e. The zero-order chi connectivity index (χ0) is 20.9. The Labute approximate surface area is 183 Å². The minimum Gasteiger partial charge on any atom is -0.497 e. The van der Waals surface area contributed by atoms with Gasteiger partial charge in [-0.3, -0.25) is 14.4 Å². The number of thiazole rings is 1. The summed E-state index contributed by atoms with van der Waals surface area (Å²) in [5.74, 6) is 0.797. The van der Waals surface area contributed by atoms with Crippen LogP contribution >= 0.6 is 23.1 Å². The van der Waals surface area contributed by atoms with E-state index in [1.54, 1.807) is 30.0 Å². The first-order valence-electron chi connectivity index (χ1n) is 9.51. The van der Waals surface area contributed by atoms with Crippen molar-refractivity contribution >= 4 is 44.4 Å². The fourth-order valence-electron chi connectivity index (χ4n) is 3.11. The molecule has 1 amide bonds. The number of amides is 1. The number of benzene rings is 2. The van der Waals surface area contributed by atoms with Crippen LogP contribution in [0, 0.1) is 0 Å². The number of carbonyl (C=O) groups is 1. The molecular weight excluding hydrogens is 416 g/mol. The van der Waals surface area contributed by atoms with Gasteiger partial charge in [0.2, 0.25) is 5.91 Å². The van der Waals surface area contributed by atoms with Crippen molar-refractivity contribution in [3.63, 3.8) is 0 Å². The quantitative estimate of drug-likeness (QED) is 0.379. The monoisotopic (exact) mass is 438 g/mol. The van der Waals surface area contributed by atoms with Gasteiger partial charge < -0.3 is 4.74 Å². The summed E-state index contributed by atoms with van der Waals surface area (Å²) < 4.78 is 8.13. The fourth-order valence-corrected chi connectivity index (χ4v) is 4.56. The minimum atomic E-state index is 0.0186. The third-order valence-electron chi connectivity index (χ3n) is 4.74. The van der Waals surface area contributed by atoms with Crippen LogP contribution < -0.4 is 9.64 Å². The Morgan fingerprint density at radius 1 is 1.23 bits per heavy atom. The highest BCUT2D eigenvalue weighted by molar-refractivity contribution is 7.98. The second-order valence-corrected chi connectivity index (χ2v) is 8.56. The topological polar surface area (TPSA) is 60.2 Å². The number of nitrogens with zero attached hydrogens (tertiary/aromatic N) is 4. The van der Waals surface area contributed by atoms with Crippen molar-refractivity contribution in [2.75, 3.05) is 24.8 Å². The highest BCUT2D eigenvalue weighted by atomic mass is 32.2. The number of aromatic nitrogens is 3. The van der Waals surface area contributed by atoms with Crippen molar-refractivity contribution in [2.45, 2.75) is 17.9 Å². The van der Waals surface area contributed by atoms with Crippen LogP contribution in [0.1, 0.15) is 5.56 Å². The van der Waals surface area contributed by atoms with E-state index in [0.717, 1.165) is 21.5 Å². The van der Waals surface area contributed by atoms with Crippen LogP contribution in [0.3, 0.4) is 0 Å². The molecule has 6 nitrogen and oxygen atoms in total. The number of anilines is 1. The lowest BCUT2D eigenvalue weighted by molar-refractivity contribution is -0.118. The molecule has 0 radical (unpaired) electrons. The average molecular weight is 439 g/mol. The number of hydrogen-bond donors (Lipinski definition) is 0. The van der Waals surface area contributed by atoms with Crippen LogP contribution in [0.4, 0.5) is 5.13 Å². The van der Waals surface area contributed by atoms with E-state index < -0.39 is 0 Å². The Morgan fingerprint density at radius 2 is 2.07 bits per heavy atom. The van der Waals surface area contributed by atoms with Gasteiger partial charge in [-0.25, -0.2) is 4.98 Å². The van der Waals surface area contributed by atoms with Crippen molar-refractivity contribution in [1.29, 1.82) is 0 Å². The predicted octanol–water partition coefficient (Wildman–Crippen LogP) is 4.50. The highest BCUT2D eigenvalue weighted by Gasteiger charge is 2.20. The Kier molecular flexibility index (Phi) is 6.35. The Hall–Kier alpha value is -2.84. The molecule has 2 aromatic heterocycles. The van der Waals surface area contributed by atoms with Crippen molar-refractivity contribution < 1.29 is 9.53 Å². The lowest BCUT2D eigenvalue weighted by Gasteiger charge is -2.20. The first kappa shape index (κ1) is 20.4. The molecule has 0 spiro atoms. The third kappa shape index (κ3) is 4.66. The second kappa shape index (κ2) is 9.32. The van der Waals surface area contributed by atoms with E-state index in [-0.39, 0.29) is 5.91 Å². The van der Waals surface area contributed by atoms with Crippen molar-refractivity contribution in [3.8, 4) is 5.75 Å². The summed E-state index contributed by atoms with van der Waals surface area (Å²) in [6.07, 6.45) is 6.00. The smallest absolute Gasteiger partial charge is 0.233 e. The van der Waals surface area contributed by atoms with Crippen molar-refractivity contribution in [3.05, 3.63) is 66.5 Å². The molecule has 0 fully saturated rings. The Balaban J connectivity index is 1.60. The Bertz CT molecular complexity index is 1120. The van der Waals surface area contributed by atoms with Crippen molar-refractivity contribution in [1.82, 2.24) is 14.8 Å². The molecule has 30 heavy (non-hydrogen) atoms. The maximum atomic E-state index is 13.3. The lowest BCUT2D eigenvalue weighted by Crippen LogP contribution is -2.35. The van der Waals surface area contributed by atoms with Crippen LogP contribution in [0.15, 0.2) is 65.8 Å². The van der Waals surface area contributed by atoms with Gasteiger partial charge in [0.25, 0.3) is 0 Å². The molecule has 0 aliphatic rings. The van der Waals surface area contributed by atoms with Crippen molar-refractivity contribution in [2.24, 2.45) is 0 Å². The molecule has 2 heterocycles. The first-order chi connectivity index (χ1) is 14.7. The van der Waals surface area contributed by atoms with Gasteiger partial charge in [-0.05, 0) is 48.2 Å². The maximum Gasteiger partial charge on any atom is 0.233 e. The van der Waals surface area contributed by atoms with E-state index >= 15 is 0 Å². The average Bonchev–Trinajstić information content (AvgIpc) is 3.43. The number of rotatable bonds is 8. The zero-order valence-corrected chi connectivity index (χ0v) is 18.4. The molecule has 4 rings (SSSR count). The number of carbonyl (C=O) groups excluding carboxylic acids is 1. The SMILES string of the molecule is COc1ccc2nc(N(CCn3cccn3)C(=O)Cc3ccc(SC)cc3)sc2c1. The van der Waals surface area contributed by atoms with Gasteiger partial charge in [0.15, 0.2) is 5.13 Å². The van der Waals surface area contributed by atoms with Crippen LogP contribution in [0.25, 0.3) is 10.2 Å². The number of thioether (sulfide) groups is 1. The third-order valence-corrected chi connectivity index (χ3v) is 6.53. The van der Waals surface area contributed by atoms with E-state index in [1.165, 1.54) is 16.2 Å². The van der Waals surface area contributed by atoms with Gasteiger partial charge in [-0.2, -0.15) is 5.10 Å². The molecule has 4 aromatic rings. The number of methoxy groups -OCH3 is 1. The summed E-state index contributed by atoms with van der Waals surface area (Å²) in [7, 11) is 1.64. The molecule has 0 N–H and O–H groups in total. The maximum absolute atomic E-state index is 13.3. The van der Waals surface area contributed by atoms with E-state index in [0.29, 0.717) is 24.6 Å². The van der Waals surface area contributed by atoms with E-state index in [9.17, 15) is 4.79 Å². The summed E-state index contributed by atoms with van der Waals surface area (Å²) in [5, 5.41) is 4.94. The molecule has 2 aromatic carbocycles. The van der Waals surface area contributed by atoms with Gasteiger partial charge in [0.05, 0.1) is 30.3 Å².